The lowest BCUT2D eigenvalue weighted by molar-refractivity contribution is 0.0461. The predicted octanol–water partition coefficient (Wildman–Crippen LogP) is 6.93. The molecule has 27 heavy (non-hydrogen) atoms. The van der Waals surface area contributed by atoms with Gasteiger partial charge in [-0.1, -0.05) is 61.7 Å². The number of hydrogen-bond donors (Lipinski definition) is 1. The third-order valence-corrected chi connectivity index (χ3v) is 5.46. The molecule has 0 saturated heterocycles. The van der Waals surface area contributed by atoms with Gasteiger partial charge in [-0.2, -0.15) is 0 Å². The van der Waals surface area contributed by atoms with E-state index in [4.69, 9.17) is 9.84 Å². The lowest BCUT2D eigenvalue weighted by Crippen LogP contribution is -2.11. The number of carbonyl (C=O) groups is 1. The minimum absolute atomic E-state index is 0.369. The highest BCUT2D eigenvalue weighted by Crippen LogP contribution is 2.30. The molecule has 0 spiro atoms. The SMILES string of the molecule is Cc1ccc(C(CCCCCCCc2ccccc2)OC(=O)O)c(C)c1C. The van der Waals surface area contributed by atoms with Crippen LogP contribution in [0.1, 0.15) is 72.4 Å². The Balaban J connectivity index is 1.78. The summed E-state index contributed by atoms with van der Waals surface area (Å²) in [6.07, 6.45) is 6.00. The quantitative estimate of drug-likeness (QED) is 0.365. The summed E-state index contributed by atoms with van der Waals surface area (Å²) in [6, 6.07) is 14.7. The first kappa shape index (κ1) is 21.0. The van der Waals surface area contributed by atoms with Gasteiger partial charge in [0.15, 0.2) is 0 Å². The van der Waals surface area contributed by atoms with Gasteiger partial charge in [-0.25, -0.2) is 4.79 Å². The summed E-state index contributed by atoms with van der Waals surface area (Å²) in [7, 11) is 0. The Morgan fingerprint density at radius 2 is 1.56 bits per heavy atom. The van der Waals surface area contributed by atoms with Crippen LogP contribution >= 0.6 is 0 Å². The van der Waals surface area contributed by atoms with E-state index >= 15 is 0 Å². The van der Waals surface area contributed by atoms with Gasteiger partial charge in [-0.05, 0) is 74.3 Å². The van der Waals surface area contributed by atoms with Crippen LogP contribution in [0.2, 0.25) is 0 Å². The van der Waals surface area contributed by atoms with Crippen molar-refractivity contribution < 1.29 is 14.6 Å². The number of carboxylic acid groups (broad SMARTS) is 1. The molecule has 146 valence electrons. The fourth-order valence-electron chi connectivity index (χ4n) is 3.56. The molecule has 0 saturated carbocycles. The molecule has 3 heteroatoms. The summed E-state index contributed by atoms with van der Waals surface area (Å²) < 4.78 is 5.21. The Morgan fingerprint density at radius 3 is 2.26 bits per heavy atom. The van der Waals surface area contributed by atoms with E-state index < -0.39 is 6.16 Å². The van der Waals surface area contributed by atoms with Gasteiger partial charge in [0.1, 0.15) is 6.10 Å². The number of hydrogen-bond acceptors (Lipinski definition) is 2. The standard InChI is InChI=1S/C24H32O3/c1-18-16-17-22(20(3)19(18)2)23(27-24(25)26)15-11-6-4-5-8-12-21-13-9-7-10-14-21/h7,9-10,13-14,16-17,23H,4-6,8,11-12,15H2,1-3H3,(H,25,26). The van der Waals surface area contributed by atoms with Gasteiger partial charge in [-0.3, -0.25) is 0 Å². The molecule has 0 radical (unpaired) electrons. The Kier molecular flexibility index (Phi) is 8.38. The number of benzene rings is 2. The lowest BCUT2D eigenvalue weighted by atomic mass is 9.93. The van der Waals surface area contributed by atoms with Crippen molar-refractivity contribution in [2.75, 3.05) is 0 Å². The van der Waals surface area contributed by atoms with E-state index in [0.717, 1.165) is 36.8 Å². The summed E-state index contributed by atoms with van der Waals surface area (Å²) in [5.41, 5.74) is 5.99. The molecule has 0 bridgehead atoms. The van der Waals surface area contributed by atoms with Gasteiger partial charge >= 0.3 is 6.16 Å². The van der Waals surface area contributed by atoms with Crippen LogP contribution in [0.25, 0.3) is 0 Å². The van der Waals surface area contributed by atoms with Crippen molar-refractivity contribution in [3.05, 3.63) is 70.3 Å². The first-order chi connectivity index (χ1) is 13.0. The van der Waals surface area contributed by atoms with E-state index in [-0.39, 0.29) is 6.10 Å². The molecule has 0 aliphatic heterocycles. The van der Waals surface area contributed by atoms with Gasteiger partial charge in [0.2, 0.25) is 0 Å². The molecule has 3 nitrogen and oxygen atoms in total. The monoisotopic (exact) mass is 368 g/mol. The largest absolute Gasteiger partial charge is 0.506 e. The Hall–Kier alpha value is -2.29. The molecule has 0 aromatic heterocycles. The third-order valence-electron chi connectivity index (χ3n) is 5.46. The van der Waals surface area contributed by atoms with Crippen molar-refractivity contribution in [3.63, 3.8) is 0 Å². The van der Waals surface area contributed by atoms with Crippen molar-refractivity contribution in [2.24, 2.45) is 0 Å². The molecular formula is C24H32O3. The molecular weight excluding hydrogens is 336 g/mol. The van der Waals surface area contributed by atoms with Gasteiger partial charge in [0, 0.05) is 0 Å². The molecule has 1 atom stereocenters. The van der Waals surface area contributed by atoms with Gasteiger partial charge in [0.25, 0.3) is 0 Å². The molecule has 2 aromatic carbocycles. The maximum atomic E-state index is 11.1. The molecule has 0 heterocycles. The zero-order valence-corrected chi connectivity index (χ0v) is 16.8. The highest BCUT2D eigenvalue weighted by molar-refractivity contribution is 5.57. The normalized spacial score (nSPS) is 12.0. The number of unbranched alkanes of at least 4 members (excludes halogenated alkanes) is 4. The molecule has 0 fully saturated rings. The van der Waals surface area contributed by atoms with Crippen LogP contribution in [0.5, 0.6) is 0 Å². The van der Waals surface area contributed by atoms with Crippen molar-refractivity contribution in [1.29, 1.82) is 0 Å². The zero-order chi connectivity index (χ0) is 19.6. The molecule has 1 unspecified atom stereocenters. The second-order valence-corrected chi connectivity index (χ2v) is 7.39. The van der Waals surface area contributed by atoms with Crippen LogP contribution in [-0.2, 0) is 11.2 Å². The van der Waals surface area contributed by atoms with E-state index in [1.165, 1.54) is 36.0 Å². The Bertz CT molecular complexity index is 722. The van der Waals surface area contributed by atoms with Crippen LogP contribution < -0.4 is 0 Å². The molecule has 0 amide bonds. The van der Waals surface area contributed by atoms with Crippen LogP contribution in [0.15, 0.2) is 42.5 Å². The van der Waals surface area contributed by atoms with Crippen molar-refractivity contribution >= 4 is 6.16 Å². The number of aryl methyl sites for hydroxylation is 2. The van der Waals surface area contributed by atoms with Crippen LogP contribution in [0.3, 0.4) is 0 Å². The van der Waals surface area contributed by atoms with E-state index in [1.807, 2.05) is 6.07 Å². The van der Waals surface area contributed by atoms with E-state index in [9.17, 15) is 4.79 Å². The molecule has 0 aliphatic carbocycles. The summed E-state index contributed by atoms with van der Waals surface area (Å²) in [5, 5.41) is 9.12. The molecule has 0 aliphatic rings. The smallest absolute Gasteiger partial charge is 0.450 e. The maximum Gasteiger partial charge on any atom is 0.506 e. The Morgan fingerprint density at radius 1 is 0.889 bits per heavy atom. The fraction of sp³-hybridized carbons (Fsp3) is 0.458. The van der Waals surface area contributed by atoms with E-state index in [2.05, 4.69) is 57.2 Å². The number of rotatable bonds is 10. The van der Waals surface area contributed by atoms with E-state index in [0.29, 0.717) is 0 Å². The molecule has 2 aromatic rings. The maximum absolute atomic E-state index is 11.1. The second kappa shape index (κ2) is 10.8. The minimum atomic E-state index is -1.19. The first-order valence-corrected chi connectivity index (χ1v) is 9.99. The Labute approximate surface area is 163 Å². The highest BCUT2D eigenvalue weighted by atomic mass is 16.7. The molecule has 2 rings (SSSR count). The van der Waals surface area contributed by atoms with Crippen molar-refractivity contribution in [2.45, 2.75) is 71.8 Å². The summed E-state index contributed by atoms with van der Waals surface area (Å²) >= 11 is 0. The summed E-state index contributed by atoms with van der Waals surface area (Å²) in [5.74, 6) is 0. The second-order valence-electron chi connectivity index (χ2n) is 7.39. The average Bonchev–Trinajstić information content (AvgIpc) is 2.65. The van der Waals surface area contributed by atoms with Crippen LogP contribution in [0, 0.1) is 20.8 Å². The highest BCUT2D eigenvalue weighted by Gasteiger charge is 2.19. The molecule has 1 N–H and O–H groups in total. The van der Waals surface area contributed by atoms with Gasteiger partial charge < -0.3 is 9.84 Å². The zero-order valence-electron chi connectivity index (χ0n) is 16.8. The van der Waals surface area contributed by atoms with Crippen molar-refractivity contribution in [1.82, 2.24) is 0 Å². The van der Waals surface area contributed by atoms with Gasteiger partial charge in [0.05, 0.1) is 0 Å². The third kappa shape index (κ3) is 6.74. The average molecular weight is 369 g/mol. The fourth-order valence-corrected chi connectivity index (χ4v) is 3.56. The van der Waals surface area contributed by atoms with Crippen LogP contribution in [0.4, 0.5) is 4.79 Å². The topological polar surface area (TPSA) is 46.5 Å². The van der Waals surface area contributed by atoms with Gasteiger partial charge in [-0.15, -0.1) is 0 Å². The lowest BCUT2D eigenvalue weighted by Gasteiger charge is -2.20. The summed E-state index contributed by atoms with van der Waals surface area (Å²) in [6.45, 7) is 6.22. The number of ether oxygens (including phenoxy) is 1. The first-order valence-electron chi connectivity index (χ1n) is 9.99. The predicted molar refractivity (Wildman–Crippen MR) is 110 cm³/mol. The van der Waals surface area contributed by atoms with E-state index in [1.54, 1.807) is 0 Å². The summed E-state index contributed by atoms with van der Waals surface area (Å²) in [4.78, 5) is 11.1. The van der Waals surface area contributed by atoms with Crippen LogP contribution in [-0.4, -0.2) is 11.3 Å². The minimum Gasteiger partial charge on any atom is -0.450 e. The van der Waals surface area contributed by atoms with Crippen molar-refractivity contribution in [3.8, 4) is 0 Å².